The average molecular weight is 248 g/mol. The van der Waals surface area contributed by atoms with Gasteiger partial charge < -0.3 is 0 Å². The molecule has 1 heterocycles. The second kappa shape index (κ2) is 2.77. The number of hydrogen-bond donors (Lipinski definition) is 0. The van der Waals surface area contributed by atoms with E-state index in [9.17, 15) is 0 Å². The fourth-order valence-electron chi connectivity index (χ4n) is 0.991. The molecule has 0 aliphatic carbocycles. The predicted octanol–water partition coefficient (Wildman–Crippen LogP) is 4.32. The third-order valence-electron chi connectivity index (χ3n) is 1.50. The molecule has 0 bridgehead atoms. The van der Waals surface area contributed by atoms with Gasteiger partial charge in [0.25, 0.3) is 0 Å². The van der Waals surface area contributed by atoms with Gasteiger partial charge in [-0.2, -0.15) is 0 Å². The number of fused-ring (bicyclic) bond motifs is 1. The summed E-state index contributed by atoms with van der Waals surface area (Å²) in [6.45, 7) is 0. The molecule has 56 valence electrons. The van der Waals surface area contributed by atoms with Crippen molar-refractivity contribution in [2.75, 3.05) is 0 Å². The van der Waals surface area contributed by atoms with Crippen LogP contribution in [-0.2, 0) is 0 Å². The lowest BCUT2D eigenvalue weighted by Crippen LogP contribution is -1.64. The molecule has 2 aromatic rings. The maximum absolute atomic E-state index is 5.96. The summed E-state index contributed by atoms with van der Waals surface area (Å²) in [6.07, 6.45) is 0. The van der Waals surface area contributed by atoms with Gasteiger partial charge in [0.05, 0.1) is 9.72 Å². The first-order valence-corrected chi connectivity index (χ1v) is 5.15. The van der Waals surface area contributed by atoms with Gasteiger partial charge in [0.2, 0.25) is 0 Å². The molecule has 0 aliphatic rings. The van der Waals surface area contributed by atoms with E-state index in [1.807, 2.05) is 12.1 Å². The summed E-state index contributed by atoms with van der Waals surface area (Å²) in [6, 6.07) is 5.93. The van der Waals surface area contributed by atoms with Gasteiger partial charge in [0.15, 0.2) is 0 Å². The number of halogens is 2. The van der Waals surface area contributed by atoms with Gasteiger partial charge in [0.1, 0.15) is 0 Å². The first kappa shape index (κ1) is 7.59. The Morgan fingerprint density at radius 3 is 2.91 bits per heavy atom. The summed E-state index contributed by atoms with van der Waals surface area (Å²) >= 11 is 11.1. The van der Waals surface area contributed by atoms with Crippen LogP contribution in [0.1, 0.15) is 0 Å². The van der Waals surface area contributed by atoms with E-state index in [1.54, 1.807) is 11.3 Å². The van der Waals surface area contributed by atoms with E-state index in [0.717, 1.165) is 14.2 Å². The molecule has 0 unspecified atom stereocenters. The van der Waals surface area contributed by atoms with Crippen LogP contribution in [0.25, 0.3) is 10.1 Å². The van der Waals surface area contributed by atoms with Crippen LogP contribution in [0.4, 0.5) is 0 Å². The summed E-state index contributed by atoms with van der Waals surface area (Å²) in [5, 5.41) is 4.08. The second-order valence-electron chi connectivity index (χ2n) is 2.20. The number of thiophene rings is 1. The molecule has 0 amide bonds. The molecule has 2 rings (SSSR count). The van der Waals surface area contributed by atoms with Crippen LogP contribution in [0.15, 0.2) is 28.1 Å². The monoisotopic (exact) mass is 246 g/mol. The zero-order valence-electron chi connectivity index (χ0n) is 5.47. The maximum atomic E-state index is 5.96. The fourth-order valence-corrected chi connectivity index (χ4v) is 2.87. The lowest BCUT2D eigenvalue weighted by molar-refractivity contribution is 1.83. The van der Waals surface area contributed by atoms with Gasteiger partial charge in [-0.15, -0.1) is 11.3 Å². The highest BCUT2D eigenvalue weighted by molar-refractivity contribution is 9.10. The van der Waals surface area contributed by atoms with Crippen LogP contribution in [0.5, 0.6) is 0 Å². The Bertz CT molecular complexity index is 394. The molecule has 0 N–H and O–H groups in total. The average Bonchev–Trinajstić information content (AvgIpc) is 2.35. The molecule has 0 saturated heterocycles. The SMILES string of the molecule is Clc1cccc2c(Br)csc12. The quantitative estimate of drug-likeness (QED) is 0.650. The van der Waals surface area contributed by atoms with Crippen molar-refractivity contribution in [1.29, 1.82) is 0 Å². The van der Waals surface area contributed by atoms with Gasteiger partial charge in [-0.25, -0.2) is 0 Å². The number of benzene rings is 1. The smallest absolute Gasteiger partial charge is 0.0584 e. The van der Waals surface area contributed by atoms with E-state index in [2.05, 4.69) is 27.4 Å². The van der Waals surface area contributed by atoms with Crippen molar-refractivity contribution in [2.24, 2.45) is 0 Å². The van der Waals surface area contributed by atoms with Crippen molar-refractivity contribution in [1.82, 2.24) is 0 Å². The van der Waals surface area contributed by atoms with Crippen LogP contribution < -0.4 is 0 Å². The Morgan fingerprint density at radius 1 is 1.36 bits per heavy atom. The molecule has 1 aromatic carbocycles. The van der Waals surface area contributed by atoms with Gasteiger partial charge >= 0.3 is 0 Å². The molecule has 0 radical (unpaired) electrons. The first-order chi connectivity index (χ1) is 5.29. The number of hydrogen-bond acceptors (Lipinski definition) is 1. The van der Waals surface area contributed by atoms with Crippen LogP contribution in [0.2, 0.25) is 5.02 Å². The Labute approximate surface area is 81.9 Å². The Kier molecular flexibility index (Phi) is 1.91. The molecule has 0 fully saturated rings. The minimum Gasteiger partial charge on any atom is -0.141 e. The van der Waals surface area contributed by atoms with Crippen LogP contribution in [0.3, 0.4) is 0 Å². The van der Waals surface area contributed by atoms with Gasteiger partial charge in [-0.1, -0.05) is 23.7 Å². The first-order valence-electron chi connectivity index (χ1n) is 3.10. The van der Waals surface area contributed by atoms with Crippen molar-refractivity contribution in [3.63, 3.8) is 0 Å². The van der Waals surface area contributed by atoms with Crippen LogP contribution >= 0.6 is 38.9 Å². The van der Waals surface area contributed by atoms with Gasteiger partial charge in [-0.3, -0.25) is 0 Å². The van der Waals surface area contributed by atoms with Crippen LogP contribution in [-0.4, -0.2) is 0 Å². The minimum absolute atomic E-state index is 0.832. The second-order valence-corrected chi connectivity index (χ2v) is 4.34. The van der Waals surface area contributed by atoms with Crippen molar-refractivity contribution < 1.29 is 0 Å². The lowest BCUT2D eigenvalue weighted by atomic mass is 10.3. The zero-order chi connectivity index (χ0) is 7.84. The van der Waals surface area contributed by atoms with Crippen molar-refractivity contribution in [3.05, 3.63) is 33.1 Å². The molecular formula is C8H4BrClS. The molecule has 1 aromatic heterocycles. The predicted molar refractivity (Wildman–Crippen MR) is 54.5 cm³/mol. The third-order valence-corrected chi connectivity index (χ3v) is 3.92. The van der Waals surface area contributed by atoms with E-state index in [-0.39, 0.29) is 0 Å². The largest absolute Gasteiger partial charge is 0.141 e. The summed E-state index contributed by atoms with van der Waals surface area (Å²) in [5.41, 5.74) is 0. The summed E-state index contributed by atoms with van der Waals surface area (Å²) < 4.78 is 2.28. The summed E-state index contributed by atoms with van der Waals surface area (Å²) in [5.74, 6) is 0. The van der Waals surface area contributed by atoms with E-state index in [0.29, 0.717) is 0 Å². The Balaban J connectivity index is 2.94. The fraction of sp³-hybridized carbons (Fsp3) is 0. The summed E-state index contributed by atoms with van der Waals surface area (Å²) in [7, 11) is 0. The highest BCUT2D eigenvalue weighted by Gasteiger charge is 2.02. The highest BCUT2D eigenvalue weighted by Crippen LogP contribution is 2.34. The highest BCUT2D eigenvalue weighted by atomic mass is 79.9. The molecule has 0 atom stereocenters. The maximum Gasteiger partial charge on any atom is 0.0584 e. The van der Waals surface area contributed by atoms with E-state index >= 15 is 0 Å². The molecule has 3 heteroatoms. The van der Waals surface area contributed by atoms with Gasteiger partial charge in [0, 0.05) is 15.2 Å². The topological polar surface area (TPSA) is 0 Å². The van der Waals surface area contributed by atoms with Crippen LogP contribution in [0, 0.1) is 0 Å². The van der Waals surface area contributed by atoms with Crippen molar-refractivity contribution in [2.45, 2.75) is 0 Å². The molecule has 0 spiro atoms. The molecule has 0 saturated carbocycles. The van der Waals surface area contributed by atoms with E-state index in [4.69, 9.17) is 11.6 Å². The molecule has 0 aliphatic heterocycles. The standard InChI is InChI=1S/C8H4BrClS/c9-6-4-11-8-5(6)2-1-3-7(8)10/h1-4H. The lowest BCUT2D eigenvalue weighted by Gasteiger charge is -1.91. The normalized spacial score (nSPS) is 10.7. The van der Waals surface area contributed by atoms with Crippen molar-refractivity contribution in [3.8, 4) is 0 Å². The summed E-state index contributed by atoms with van der Waals surface area (Å²) in [4.78, 5) is 0. The third kappa shape index (κ3) is 1.19. The van der Waals surface area contributed by atoms with Crippen molar-refractivity contribution >= 4 is 49.0 Å². The van der Waals surface area contributed by atoms with E-state index < -0.39 is 0 Å². The zero-order valence-corrected chi connectivity index (χ0v) is 8.63. The molecular weight excluding hydrogens is 244 g/mol. The molecule has 0 nitrogen and oxygen atoms in total. The minimum atomic E-state index is 0.832. The Hall–Kier alpha value is -0.0500. The number of rotatable bonds is 0. The Morgan fingerprint density at radius 2 is 2.18 bits per heavy atom. The molecule has 11 heavy (non-hydrogen) atoms. The van der Waals surface area contributed by atoms with E-state index in [1.165, 1.54) is 5.39 Å². The van der Waals surface area contributed by atoms with Gasteiger partial charge in [-0.05, 0) is 22.0 Å².